The summed E-state index contributed by atoms with van der Waals surface area (Å²) in [5.41, 5.74) is 0. The van der Waals surface area contributed by atoms with Crippen molar-refractivity contribution in [2.45, 2.75) is 38.7 Å². The van der Waals surface area contributed by atoms with Crippen LogP contribution in [0.2, 0.25) is 0 Å². The quantitative estimate of drug-likeness (QED) is 0.681. The van der Waals surface area contributed by atoms with Gasteiger partial charge in [-0.15, -0.1) is 0 Å². The molecule has 2 rings (SSSR count). The molecule has 14 heavy (non-hydrogen) atoms. The summed E-state index contributed by atoms with van der Waals surface area (Å²) in [6.45, 7) is 3.66. The maximum Gasteiger partial charge on any atom is 0.225 e. The summed E-state index contributed by atoms with van der Waals surface area (Å²) < 4.78 is 0. The SMILES string of the molecule is CC1CCC1C(=O)N1CCC(O)CC1. The first-order valence-corrected chi connectivity index (χ1v) is 5.65. The number of hydrogen-bond donors (Lipinski definition) is 1. The Kier molecular flexibility index (Phi) is 2.77. The van der Waals surface area contributed by atoms with Crippen LogP contribution in [0.15, 0.2) is 0 Å². The van der Waals surface area contributed by atoms with E-state index in [1.807, 2.05) is 4.90 Å². The van der Waals surface area contributed by atoms with Crippen molar-refractivity contribution < 1.29 is 9.90 Å². The fraction of sp³-hybridized carbons (Fsp3) is 0.909. The van der Waals surface area contributed by atoms with Crippen LogP contribution in [0.5, 0.6) is 0 Å². The number of likely N-dealkylation sites (tertiary alicyclic amines) is 1. The largest absolute Gasteiger partial charge is 0.393 e. The molecule has 1 saturated carbocycles. The Labute approximate surface area is 85.1 Å². The number of nitrogens with zero attached hydrogens (tertiary/aromatic N) is 1. The molecule has 3 heteroatoms. The van der Waals surface area contributed by atoms with Gasteiger partial charge in [0.1, 0.15) is 0 Å². The fourth-order valence-corrected chi connectivity index (χ4v) is 2.35. The van der Waals surface area contributed by atoms with Gasteiger partial charge in [0.05, 0.1) is 6.10 Å². The number of rotatable bonds is 1. The first-order valence-electron chi connectivity index (χ1n) is 5.65. The maximum atomic E-state index is 11.9. The van der Waals surface area contributed by atoms with Gasteiger partial charge < -0.3 is 10.0 Å². The second-order valence-electron chi connectivity index (χ2n) is 4.72. The lowest BCUT2D eigenvalue weighted by Crippen LogP contribution is -2.46. The van der Waals surface area contributed by atoms with Crippen molar-refractivity contribution in [2.24, 2.45) is 11.8 Å². The third-order valence-corrected chi connectivity index (χ3v) is 3.71. The molecule has 3 nitrogen and oxygen atoms in total. The van der Waals surface area contributed by atoms with Crippen molar-refractivity contribution in [2.75, 3.05) is 13.1 Å². The monoisotopic (exact) mass is 197 g/mol. The van der Waals surface area contributed by atoms with Crippen molar-refractivity contribution in [1.29, 1.82) is 0 Å². The standard InChI is InChI=1S/C11H19NO2/c1-8-2-3-10(8)11(14)12-6-4-9(13)5-7-12/h8-10,13H,2-7H2,1H3. The molecule has 80 valence electrons. The van der Waals surface area contributed by atoms with Gasteiger partial charge in [0.15, 0.2) is 0 Å². The Morgan fingerprint density at radius 2 is 1.86 bits per heavy atom. The predicted molar refractivity (Wildman–Crippen MR) is 53.7 cm³/mol. The van der Waals surface area contributed by atoms with Gasteiger partial charge >= 0.3 is 0 Å². The van der Waals surface area contributed by atoms with Crippen LogP contribution in [0.4, 0.5) is 0 Å². The molecule has 0 spiro atoms. The molecule has 1 amide bonds. The minimum Gasteiger partial charge on any atom is -0.393 e. The van der Waals surface area contributed by atoms with Gasteiger partial charge in [-0.3, -0.25) is 4.79 Å². The smallest absolute Gasteiger partial charge is 0.225 e. The van der Waals surface area contributed by atoms with Gasteiger partial charge in [-0.2, -0.15) is 0 Å². The van der Waals surface area contributed by atoms with Crippen LogP contribution in [0.1, 0.15) is 32.6 Å². The summed E-state index contributed by atoms with van der Waals surface area (Å²) in [7, 11) is 0. The van der Waals surface area contributed by atoms with Crippen molar-refractivity contribution in [3.8, 4) is 0 Å². The van der Waals surface area contributed by atoms with Crippen molar-refractivity contribution in [3.05, 3.63) is 0 Å². The van der Waals surface area contributed by atoms with E-state index in [2.05, 4.69) is 6.92 Å². The van der Waals surface area contributed by atoms with E-state index < -0.39 is 0 Å². The summed E-state index contributed by atoms with van der Waals surface area (Å²) in [6, 6.07) is 0. The normalized spacial score (nSPS) is 34.0. The third kappa shape index (κ3) is 1.78. The highest BCUT2D eigenvalue weighted by atomic mass is 16.3. The molecule has 0 aromatic rings. The van der Waals surface area contributed by atoms with Crippen molar-refractivity contribution in [3.63, 3.8) is 0 Å². The van der Waals surface area contributed by atoms with Crippen molar-refractivity contribution >= 4 is 5.91 Å². The van der Waals surface area contributed by atoms with Gasteiger partial charge in [0, 0.05) is 19.0 Å². The van der Waals surface area contributed by atoms with E-state index in [4.69, 9.17) is 0 Å². The number of piperidine rings is 1. The molecular weight excluding hydrogens is 178 g/mol. The van der Waals surface area contributed by atoms with E-state index in [0.29, 0.717) is 11.8 Å². The predicted octanol–water partition coefficient (Wildman–Crippen LogP) is 1.02. The number of aliphatic hydroxyl groups is 1. The van der Waals surface area contributed by atoms with E-state index in [0.717, 1.165) is 32.4 Å². The van der Waals surface area contributed by atoms with Crippen molar-refractivity contribution in [1.82, 2.24) is 4.90 Å². The number of hydrogen-bond acceptors (Lipinski definition) is 2. The van der Waals surface area contributed by atoms with Crippen LogP contribution in [-0.2, 0) is 4.79 Å². The minimum atomic E-state index is -0.183. The summed E-state index contributed by atoms with van der Waals surface area (Å²) in [5, 5.41) is 9.33. The van der Waals surface area contributed by atoms with Gasteiger partial charge in [-0.25, -0.2) is 0 Å². The highest BCUT2D eigenvalue weighted by molar-refractivity contribution is 5.80. The average Bonchev–Trinajstić information content (AvgIpc) is 2.16. The average molecular weight is 197 g/mol. The molecule has 2 atom stereocenters. The Hall–Kier alpha value is -0.570. The number of amides is 1. The number of aliphatic hydroxyl groups excluding tert-OH is 1. The molecule has 0 aromatic carbocycles. The second-order valence-corrected chi connectivity index (χ2v) is 4.72. The maximum absolute atomic E-state index is 11.9. The zero-order chi connectivity index (χ0) is 10.1. The summed E-state index contributed by atoms with van der Waals surface area (Å²) in [6.07, 6.45) is 3.60. The van der Waals surface area contributed by atoms with Gasteiger partial charge in [0.25, 0.3) is 0 Å². The Morgan fingerprint density at radius 1 is 1.21 bits per heavy atom. The lowest BCUT2D eigenvalue weighted by atomic mass is 9.74. The molecule has 1 saturated heterocycles. The number of carbonyl (C=O) groups excluding carboxylic acids is 1. The minimum absolute atomic E-state index is 0.183. The lowest BCUT2D eigenvalue weighted by Gasteiger charge is -2.39. The molecule has 0 aromatic heterocycles. The molecule has 1 aliphatic heterocycles. The molecule has 2 aliphatic rings. The zero-order valence-electron chi connectivity index (χ0n) is 8.78. The molecule has 1 N–H and O–H groups in total. The molecule has 0 bridgehead atoms. The molecule has 1 heterocycles. The van der Waals surface area contributed by atoms with Crippen LogP contribution in [0.3, 0.4) is 0 Å². The van der Waals surface area contributed by atoms with Gasteiger partial charge in [-0.05, 0) is 31.6 Å². The van der Waals surface area contributed by atoms with Crippen LogP contribution in [-0.4, -0.2) is 35.1 Å². The highest BCUT2D eigenvalue weighted by Gasteiger charge is 2.36. The third-order valence-electron chi connectivity index (χ3n) is 3.71. The Bertz CT molecular complexity index is 221. The Balaban J connectivity index is 1.86. The van der Waals surface area contributed by atoms with E-state index in [-0.39, 0.29) is 12.0 Å². The molecule has 2 fully saturated rings. The molecule has 1 aliphatic carbocycles. The summed E-state index contributed by atoms with van der Waals surface area (Å²) in [5.74, 6) is 1.19. The van der Waals surface area contributed by atoms with Crippen LogP contribution >= 0.6 is 0 Å². The van der Waals surface area contributed by atoms with Crippen LogP contribution < -0.4 is 0 Å². The summed E-state index contributed by atoms with van der Waals surface area (Å²) >= 11 is 0. The van der Waals surface area contributed by atoms with Crippen LogP contribution in [0.25, 0.3) is 0 Å². The molecule has 2 unspecified atom stereocenters. The van der Waals surface area contributed by atoms with Crippen LogP contribution in [0, 0.1) is 11.8 Å². The second kappa shape index (κ2) is 3.89. The van der Waals surface area contributed by atoms with Gasteiger partial charge in [0.2, 0.25) is 5.91 Å². The molecule has 0 radical (unpaired) electrons. The van der Waals surface area contributed by atoms with Gasteiger partial charge in [-0.1, -0.05) is 6.92 Å². The first-order chi connectivity index (χ1) is 6.68. The topological polar surface area (TPSA) is 40.5 Å². The van der Waals surface area contributed by atoms with E-state index >= 15 is 0 Å². The van der Waals surface area contributed by atoms with E-state index in [1.165, 1.54) is 6.42 Å². The number of carbonyl (C=O) groups is 1. The Morgan fingerprint density at radius 3 is 2.29 bits per heavy atom. The fourth-order valence-electron chi connectivity index (χ4n) is 2.35. The first kappa shape index (κ1) is 9.97. The lowest BCUT2D eigenvalue weighted by molar-refractivity contribution is -0.142. The molecular formula is C11H19NO2. The summed E-state index contributed by atoms with van der Waals surface area (Å²) in [4.78, 5) is 13.9. The van der Waals surface area contributed by atoms with E-state index in [9.17, 15) is 9.90 Å². The zero-order valence-corrected chi connectivity index (χ0v) is 8.78. The highest BCUT2D eigenvalue weighted by Crippen LogP contribution is 2.35. The van der Waals surface area contributed by atoms with E-state index in [1.54, 1.807) is 0 Å².